The molecule has 5 nitrogen and oxygen atoms in total. The van der Waals surface area contributed by atoms with E-state index in [1.54, 1.807) is 0 Å². The molecule has 0 radical (unpaired) electrons. The quantitative estimate of drug-likeness (QED) is 0.823. The zero-order valence-corrected chi connectivity index (χ0v) is 15.8. The number of nitriles is 1. The van der Waals surface area contributed by atoms with Crippen molar-refractivity contribution in [1.29, 1.82) is 5.26 Å². The monoisotopic (exact) mass is 371 g/mol. The Morgan fingerprint density at radius 3 is 2.44 bits per heavy atom. The van der Waals surface area contributed by atoms with Crippen LogP contribution in [-0.4, -0.2) is 41.3 Å². The van der Waals surface area contributed by atoms with Gasteiger partial charge in [-0.25, -0.2) is 8.78 Å². The van der Waals surface area contributed by atoms with E-state index in [2.05, 4.69) is 26.1 Å². The number of halogens is 2. The first-order chi connectivity index (χ1) is 13.0. The first-order valence-corrected chi connectivity index (χ1v) is 9.14. The third-order valence-electron chi connectivity index (χ3n) is 5.31. The molecule has 1 aliphatic rings. The van der Waals surface area contributed by atoms with Crippen LogP contribution in [0.5, 0.6) is 0 Å². The normalized spacial score (nSPS) is 16.2. The van der Waals surface area contributed by atoms with Gasteiger partial charge in [-0.1, -0.05) is 13.0 Å². The van der Waals surface area contributed by atoms with Crippen LogP contribution in [0.25, 0.3) is 0 Å². The summed E-state index contributed by atoms with van der Waals surface area (Å²) in [5.74, 6) is -0.453. The molecule has 0 spiro atoms. The minimum atomic E-state index is -0.562. The second-order valence-corrected chi connectivity index (χ2v) is 6.83. The molecule has 142 valence electrons. The van der Waals surface area contributed by atoms with Crippen LogP contribution in [-0.2, 0) is 0 Å². The summed E-state index contributed by atoms with van der Waals surface area (Å²) in [4.78, 5) is 4.26. The molecule has 2 aromatic rings. The van der Waals surface area contributed by atoms with Crippen molar-refractivity contribution in [3.05, 3.63) is 52.2 Å². The van der Waals surface area contributed by atoms with Crippen LogP contribution >= 0.6 is 0 Å². The van der Waals surface area contributed by atoms with Gasteiger partial charge in [-0.15, -0.1) is 5.10 Å². The van der Waals surface area contributed by atoms with Gasteiger partial charge in [-0.3, -0.25) is 4.90 Å². The van der Waals surface area contributed by atoms with E-state index in [-0.39, 0.29) is 6.04 Å². The van der Waals surface area contributed by atoms with Gasteiger partial charge in [0.25, 0.3) is 0 Å². The molecule has 0 saturated carbocycles. The third kappa shape index (κ3) is 3.76. The van der Waals surface area contributed by atoms with Crippen molar-refractivity contribution in [1.82, 2.24) is 15.1 Å². The van der Waals surface area contributed by atoms with E-state index in [9.17, 15) is 14.0 Å². The molecule has 0 amide bonds. The van der Waals surface area contributed by atoms with E-state index in [1.165, 1.54) is 12.1 Å². The van der Waals surface area contributed by atoms with Crippen LogP contribution < -0.4 is 4.90 Å². The molecular weight excluding hydrogens is 348 g/mol. The lowest BCUT2D eigenvalue weighted by atomic mass is 10.0. The van der Waals surface area contributed by atoms with Crippen molar-refractivity contribution in [2.24, 2.45) is 0 Å². The molecular formula is C20H23F2N5. The number of benzene rings is 1. The average Bonchev–Trinajstić information content (AvgIpc) is 2.66. The first-order valence-electron chi connectivity index (χ1n) is 9.14. The molecule has 0 N–H and O–H groups in total. The van der Waals surface area contributed by atoms with Crippen molar-refractivity contribution in [3.8, 4) is 6.07 Å². The van der Waals surface area contributed by atoms with Crippen LogP contribution in [0.1, 0.15) is 41.8 Å². The topological polar surface area (TPSA) is 56.1 Å². The van der Waals surface area contributed by atoms with Crippen LogP contribution in [0.15, 0.2) is 18.2 Å². The standard InChI is InChI=1S/C20H23F2N5/c1-4-19(16-6-5-15(21)11-18(16)22)26-7-9-27(10-8-26)20-17(12-23)13(2)14(3)24-25-20/h5-6,11,19H,4,7-10H2,1-3H3. The molecule has 2 heterocycles. The van der Waals surface area contributed by atoms with Gasteiger partial charge in [-0.05, 0) is 31.9 Å². The summed E-state index contributed by atoms with van der Waals surface area (Å²) >= 11 is 0. The molecule has 0 bridgehead atoms. The van der Waals surface area contributed by atoms with Gasteiger partial charge in [0.05, 0.1) is 5.69 Å². The number of anilines is 1. The van der Waals surface area contributed by atoms with Crippen molar-refractivity contribution in [2.45, 2.75) is 33.2 Å². The predicted octanol–water partition coefficient (Wildman–Crippen LogP) is 3.52. The van der Waals surface area contributed by atoms with Crippen molar-refractivity contribution in [3.63, 3.8) is 0 Å². The van der Waals surface area contributed by atoms with E-state index in [0.29, 0.717) is 43.1 Å². The van der Waals surface area contributed by atoms with Crippen LogP contribution in [0.4, 0.5) is 14.6 Å². The number of aromatic nitrogens is 2. The molecule has 1 aromatic carbocycles. The highest BCUT2D eigenvalue weighted by atomic mass is 19.1. The highest BCUT2D eigenvalue weighted by Gasteiger charge is 2.28. The maximum absolute atomic E-state index is 14.2. The Kier molecular flexibility index (Phi) is 5.66. The summed E-state index contributed by atoms with van der Waals surface area (Å²) in [5, 5.41) is 17.9. The Bertz CT molecular complexity index is 869. The van der Waals surface area contributed by atoms with E-state index < -0.39 is 11.6 Å². The summed E-state index contributed by atoms with van der Waals surface area (Å²) in [6.45, 7) is 8.48. The second-order valence-electron chi connectivity index (χ2n) is 6.83. The van der Waals surface area contributed by atoms with Gasteiger partial charge >= 0.3 is 0 Å². The summed E-state index contributed by atoms with van der Waals surface area (Å²) < 4.78 is 27.5. The maximum Gasteiger partial charge on any atom is 0.169 e. The zero-order valence-electron chi connectivity index (χ0n) is 15.8. The summed E-state index contributed by atoms with van der Waals surface area (Å²) in [6, 6.07) is 5.92. The van der Waals surface area contributed by atoms with E-state index >= 15 is 0 Å². The lowest BCUT2D eigenvalue weighted by Gasteiger charge is -2.40. The largest absolute Gasteiger partial charge is 0.351 e. The molecule has 1 unspecified atom stereocenters. The molecule has 27 heavy (non-hydrogen) atoms. The number of nitrogens with zero attached hydrogens (tertiary/aromatic N) is 5. The molecule has 1 aliphatic heterocycles. The Morgan fingerprint density at radius 1 is 1.15 bits per heavy atom. The van der Waals surface area contributed by atoms with E-state index in [0.717, 1.165) is 23.7 Å². The van der Waals surface area contributed by atoms with Gasteiger partial charge in [-0.2, -0.15) is 10.4 Å². The summed E-state index contributed by atoms with van der Waals surface area (Å²) in [5.41, 5.74) is 2.69. The predicted molar refractivity (Wildman–Crippen MR) is 99.4 cm³/mol. The van der Waals surface area contributed by atoms with Crippen molar-refractivity contribution >= 4 is 5.82 Å². The molecule has 0 aliphatic carbocycles. The number of hydrogen-bond acceptors (Lipinski definition) is 5. The van der Waals surface area contributed by atoms with Gasteiger partial charge in [0.2, 0.25) is 0 Å². The van der Waals surface area contributed by atoms with Gasteiger partial charge in [0.1, 0.15) is 23.3 Å². The maximum atomic E-state index is 14.2. The Morgan fingerprint density at radius 2 is 1.85 bits per heavy atom. The van der Waals surface area contributed by atoms with Crippen molar-refractivity contribution < 1.29 is 8.78 Å². The Labute approximate surface area is 158 Å². The highest BCUT2D eigenvalue weighted by Crippen LogP contribution is 2.29. The Balaban J connectivity index is 1.77. The number of aryl methyl sites for hydroxylation is 1. The zero-order chi connectivity index (χ0) is 19.6. The summed E-state index contributed by atoms with van der Waals surface area (Å²) in [6.07, 6.45) is 0.732. The average molecular weight is 371 g/mol. The molecule has 3 rings (SSSR count). The smallest absolute Gasteiger partial charge is 0.169 e. The second kappa shape index (κ2) is 7.97. The molecule has 1 aromatic heterocycles. The fourth-order valence-electron chi connectivity index (χ4n) is 3.64. The third-order valence-corrected chi connectivity index (χ3v) is 5.31. The number of hydrogen-bond donors (Lipinski definition) is 0. The van der Waals surface area contributed by atoms with Crippen LogP contribution in [0.2, 0.25) is 0 Å². The lowest BCUT2D eigenvalue weighted by molar-refractivity contribution is 0.177. The minimum absolute atomic E-state index is 0.103. The lowest BCUT2D eigenvalue weighted by Crippen LogP contribution is -2.48. The minimum Gasteiger partial charge on any atom is -0.351 e. The first kappa shape index (κ1) is 19.2. The molecule has 1 atom stereocenters. The van der Waals surface area contributed by atoms with Crippen molar-refractivity contribution in [2.75, 3.05) is 31.1 Å². The van der Waals surface area contributed by atoms with E-state index in [1.807, 2.05) is 20.8 Å². The summed E-state index contributed by atoms with van der Waals surface area (Å²) in [7, 11) is 0. The van der Waals surface area contributed by atoms with Gasteiger partial charge in [0.15, 0.2) is 5.82 Å². The van der Waals surface area contributed by atoms with Crippen LogP contribution in [0, 0.1) is 36.8 Å². The fraction of sp³-hybridized carbons (Fsp3) is 0.450. The van der Waals surface area contributed by atoms with Crippen LogP contribution in [0.3, 0.4) is 0 Å². The Hall–Kier alpha value is -2.59. The molecule has 1 fully saturated rings. The molecule has 7 heteroatoms. The fourth-order valence-corrected chi connectivity index (χ4v) is 3.64. The number of piperazine rings is 1. The van der Waals surface area contributed by atoms with Gasteiger partial charge < -0.3 is 4.90 Å². The number of rotatable bonds is 4. The van der Waals surface area contributed by atoms with Gasteiger partial charge in [0, 0.05) is 43.9 Å². The highest BCUT2D eigenvalue weighted by molar-refractivity contribution is 5.57. The molecule has 1 saturated heterocycles. The van der Waals surface area contributed by atoms with E-state index in [4.69, 9.17) is 0 Å². The SMILES string of the molecule is CCC(c1ccc(F)cc1F)N1CCN(c2nnc(C)c(C)c2C#N)CC1.